The Bertz CT molecular complexity index is 1270. The van der Waals surface area contributed by atoms with Crippen LogP contribution in [0, 0.1) is 5.82 Å². The van der Waals surface area contributed by atoms with E-state index in [4.69, 9.17) is 42.8 Å². The Morgan fingerprint density at radius 3 is 2.62 bits per heavy atom. The van der Waals surface area contributed by atoms with Gasteiger partial charge in [0, 0.05) is 19.3 Å². The van der Waals surface area contributed by atoms with E-state index >= 15 is 0 Å². The number of nitrogens with zero attached hydrogens (tertiary/aromatic N) is 2. The normalized spacial score (nSPS) is 23.4. The number of thiocarbonyl (C=S) groups is 1. The van der Waals surface area contributed by atoms with Gasteiger partial charge in [-0.1, -0.05) is 60.1 Å². The Labute approximate surface area is 238 Å². The van der Waals surface area contributed by atoms with E-state index in [2.05, 4.69) is 10.3 Å². The predicted molar refractivity (Wildman–Crippen MR) is 151 cm³/mol. The molecule has 10 heteroatoms. The smallest absolute Gasteiger partial charge is 0.190 e. The summed E-state index contributed by atoms with van der Waals surface area (Å²) in [6, 6.07) is 20.1. The minimum absolute atomic E-state index is 0.254. The number of ether oxygens (including phenoxy) is 4. The van der Waals surface area contributed by atoms with Gasteiger partial charge in [-0.15, -0.1) is 0 Å². The molecule has 7 nitrogen and oxygen atoms in total. The maximum absolute atomic E-state index is 14.4. The monoisotopic (exact) mass is 571 g/mol. The number of halogens is 2. The predicted octanol–water partition coefficient (Wildman–Crippen LogP) is 5.58. The third kappa shape index (κ3) is 7.11. The van der Waals surface area contributed by atoms with Gasteiger partial charge >= 0.3 is 0 Å². The molecule has 3 heterocycles. The lowest BCUT2D eigenvalue weighted by molar-refractivity contribution is -0.219. The van der Waals surface area contributed by atoms with Crippen molar-refractivity contribution >= 4 is 34.7 Å². The van der Waals surface area contributed by atoms with Crippen LogP contribution < -0.4 is 5.32 Å². The van der Waals surface area contributed by atoms with Crippen molar-refractivity contribution in [1.82, 2.24) is 9.88 Å². The first kappa shape index (κ1) is 27.9. The Kier molecular flexibility index (Phi) is 8.76. The molecule has 3 aromatic rings. The largest absolute Gasteiger partial charge is 0.368 e. The van der Waals surface area contributed by atoms with E-state index in [-0.39, 0.29) is 5.82 Å². The number of pyridine rings is 1. The Morgan fingerprint density at radius 1 is 1.10 bits per heavy atom. The van der Waals surface area contributed by atoms with Crippen LogP contribution in [-0.2, 0) is 32.0 Å². The van der Waals surface area contributed by atoms with Crippen molar-refractivity contribution in [2.75, 3.05) is 18.4 Å². The maximum atomic E-state index is 14.4. The number of anilines is 1. The van der Waals surface area contributed by atoms with Gasteiger partial charge in [-0.3, -0.25) is 0 Å². The van der Waals surface area contributed by atoms with E-state index in [1.165, 1.54) is 6.07 Å². The van der Waals surface area contributed by atoms with Crippen LogP contribution in [0.5, 0.6) is 0 Å². The zero-order chi connectivity index (χ0) is 27.4. The molecule has 206 valence electrons. The number of aromatic nitrogens is 1. The number of nitrogens with one attached hydrogen (secondary N) is 1. The lowest BCUT2D eigenvalue weighted by Gasteiger charge is -2.32. The number of hydrogen-bond donors (Lipinski definition) is 1. The first-order valence-corrected chi connectivity index (χ1v) is 13.6. The van der Waals surface area contributed by atoms with Crippen molar-refractivity contribution in [2.24, 2.45) is 0 Å². The Morgan fingerprint density at radius 2 is 1.87 bits per heavy atom. The first-order chi connectivity index (χ1) is 18.8. The zero-order valence-corrected chi connectivity index (χ0v) is 23.3. The van der Waals surface area contributed by atoms with Crippen LogP contribution in [0.4, 0.5) is 10.2 Å². The molecule has 4 atom stereocenters. The van der Waals surface area contributed by atoms with E-state index in [0.717, 1.165) is 5.56 Å². The minimum Gasteiger partial charge on any atom is -0.368 e. The molecule has 5 rings (SSSR count). The van der Waals surface area contributed by atoms with Crippen LogP contribution in [0.1, 0.15) is 25.0 Å². The molecule has 0 aliphatic carbocycles. The molecule has 39 heavy (non-hydrogen) atoms. The minimum atomic E-state index is -0.781. The summed E-state index contributed by atoms with van der Waals surface area (Å²) < 4.78 is 39.3. The molecule has 2 fully saturated rings. The van der Waals surface area contributed by atoms with Crippen molar-refractivity contribution in [3.8, 4) is 0 Å². The summed E-state index contributed by atoms with van der Waals surface area (Å²) in [6.07, 6.45) is 0.182. The molecule has 0 spiro atoms. The third-order valence-electron chi connectivity index (χ3n) is 6.63. The summed E-state index contributed by atoms with van der Waals surface area (Å²) in [5.41, 5.74) is 1.64. The second kappa shape index (κ2) is 12.2. The summed E-state index contributed by atoms with van der Waals surface area (Å²) >= 11 is 11.8. The van der Waals surface area contributed by atoms with Crippen LogP contribution >= 0.6 is 23.8 Å². The number of hydrogen-bond acceptors (Lipinski definition) is 6. The van der Waals surface area contributed by atoms with Gasteiger partial charge in [-0.25, -0.2) is 9.37 Å². The second-order valence-corrected chi connectivity index (χ2v) is 10.8. The third-order valence-corrected chi connectivity index (χ3v) is 7.22. The van der Waals surface area contributed by atoms with Gasteiger partial charge in [-0.2, -0.15) is 0 Å². The SMILES string of the molecule is CC1(C)O[C@H]2O[C@H](CN(CCc3ccccc3F)C(=S)Nc3ccc(Cl)cn3)[C@H](OCc3ccccc3)[C@H]2O1. The zero-order valence-electron chi connectivity index (χ0n) is 21.8. The highest BCUT2D eigenvalue weighted by molar-refractivity contribution is 7.80. The summed E-state index contributed by atoms with van der Waals surface area (Å²) in [7, 11) is 0. The molecule has 0 radical (unpaired) electrons. The van der Waals surface area contributed by atoms with Crippen molar-refractivity contribution < 1.29 is 23.3 Å². The molecule has 1 aromatic heterocycles. The van der Waals surface area contributed by atoms with E-state index in [0.29, 0.717) is 47.6 Å². The van der Waals surface area contributed by atoms with E-state index < -0.39 is 30.4 Å². The summed E-state index contributed by atoms with van der Waals surface area (Å²) in [4.78, 5) is 6.23. The van der Waals surface area contributed by atoms with Crippen molar-refractivity contribution in [2.45, 2.75) is 57.3 Å². The lowest BCUT2D eigenvalue weighted by atomic mass is 10.1. The van der Waals surface area contributed by atoms with Gasteiger partial charge in [0.1, 0.15) is 29.9 Å². The van der Waals surface area contributed by atoms with Crippen LogP contribution in [0.2, 0.25) is 5.02 Å². The topological polar surface area (TPSA) is 65.1 Å². The molecule has 1 N–H and O–H groups in total. The fourth-order valence-corrected chi connectivity index (χ4v) is 5.13. The van der Waals surface area contributed by atoms with Crippen molar-refractivity contribution in [3.05, 3.63) is 94.9 Å². The molecular formula is C29H31ClFN3O4S. The number of benzene rings is 2. The summed E-state index contributed by atoms with van der Waals surface area (Å²) in [5, 5.41) is 4.11. The summed E-state index contributed by atoms with van der Waals surface area (Å²) in [6.45, 7) is 4.92. The molecule has 2 saturated heterocycles. The second-order valence-electron chi connectivity index (χ2n) is 9.98. The van der Waals surface area contributed by atoms with Crippen LogP contribution in [0.25, 0.3) is 0 Å². The maximum Gasteiger partial charge on any atom is 0.190 e. The van der Waals surface area contributed by atoms with Gasteiger partial charge < -0.3 is 29.2 Å². The van der Waals surface area contributed by atoms with Gasteiger partial charge in [0.25, 0.3) is 0 Å². The van der Waals surface area contributed by atoms with E-state index in [1.807, 2.05) is 55.1 Å². The lowest BCUT2D eigenvalue weighted by Crippen LogP contribution is -2.47. The van der Waals surface area contributed by atoms with Crippen LogP contribution in [0.3, 0.4) is 0 Å². The summed E-state index contributed by atoms with van der Waals surface area (Å²) in [5.74, 6) is -0.485. The fraction of sp³-hybridized carbons (Fsp3) is 0.379. The van der Waals surface area contributed by atoms with Crippen molar-refractivity contribution in [1.29, 1.82) is 0 Å². The highest BCUT2D eigenvalue weighted by Crippen LogP contribution is 2.39. The van der Waals surface area contributed by atoms with Crippen LogP contribution in [0.15, 0.2) is 72.9 Å². The Hall–Kier alpha value is -2.66. The standard InChI is InChI=1S/C29H31ClFN3O4S/c1-29(2)37-26-25(35-18-19-8-4-3-5-9-19)23(36-27(26)38-29)17-34(15-14-20-10-6-7-11-22(20)31)28(39)33-24-13-12-21(30)16-32-24/h3-13,16,23,25-27H,14-15,17-18H2,1-2H3,(H,32,33,39)/t23-,25+,26-,27-/m1/s1. The van der Waals surface area contributed by atoms with Gasteiger partial charge in [0.2, 0.25) is 0 Å². The number of rotatable bonds is 9. The van der Waals surface area contributed by atoms with Gasteiger partial charge in [-0.05, 0) is 61.8 Å². The molecule has 0 saturated carbocycles. The van der Waals surface area contributed by atoms with Gasteiger partial charge in [0.05, 0.1) is 11.6 Å². The molecule has 2 aliphatic heterocycles. The van der Waals surface area contributed by atoms with E-state index in [9.17, 15) is 4.39 Å². The molecule has 2 aromatic carbocycles. The highest BCUT2D eigenvalue weighted by Gasteiger charge is 2.55. The molecular weight excluding hydrogens is 541 g/mol. The van der Waals surface area contributed by atoms with E-state index in [1.54, 1.807) is 30.5 Å². The molecule has 0 unspecified atom stereocenters. The molecule has 2 aliphatic rings. The fourth-order valence-electron chi connectivity index (χ4n) is 4.75. The van der Waals surface area contributed by atoms with Crippen molar-refractivity contribution in [3.63, 3.8) is 0 Å². The number of fused-ring (bicyclic) bond motifs is 1. The quantitative estimate of drug-likeness (QED) is 0.334. The molecule has 0 amide bonds. The average Bonchev–Trinajstić information content (AvgIpc) is 3.38. The van der Waals surface area contributed by atoms with Crippen LogP contribution in [-0.4, -0.2) is 58.5 Å². The Balaban J connectivity index is 1.34. The highest BCUT2D eigenvalue weighted by atomic mass is 35.5. The first-order valence-electron chi connectivity index (χ1n) is 12.8. The average molecular weight is 572 g/mol. The van der Waals surface area contributed by atoms with Gasteiger partial charge in [0.15, 0.2) is 17.2 Å². The molecule has 0 bridgehead atoms.